The molecule has 122 valence electrons. The minimum absolute atomic E-state index is 0.307. The first-order valence-electron chi connectivity index (χ1n) is 8.10. The molecule has 0 atom stereocenters. The quantitative estimate of drug-likeness (QED) is 0.851. The zero-order valence-corrected chi connectivity index (χ0v) is 13.7. The number of nitrogens with zero attached hydrogens (tertiary/aromatic N) is 2. The molecule has 0 bridgehead atoms. The van der Waals surface area contributed by atoms with E-state index < -0.39 is 0 Å². The van der Waals surface area contributed by atoms with Gasteiger partial charge in [0.1, 0.15) is 5.82 Å². The lowest BCUT2D eigenvalue weighted by Gasteiger charge is -2.22. The third-order valence-electron chi connectivity index (χ3n) is 4.04. The summed E-state index contributed by atoms with van der Waals surface area (Å²) in [5.41, 5.74) is 2.33. The van der Waals surface area contributed by atoms with Crippen molar-refractivity contribution in [2.24, 2.45) is 0 Å². The maximum Gasteiger partial charge on any atom is 0.231 e. The second-order valence-electron chi connectivity index (χ2n) is 5.41. The van der Waals surface area contributed by atoms with Gasteiger partial charge >= 0.3 is 0 Å². The summed E-state index contributed by atoms with van der Waals surface area (Å²) in [4.78, 5) is 6.82. The van der Waals surface area contributed by atoms with Crippen molar-refractivity contribution in [3.05, 3.63) is 47.7 Å². The predicted molar refractivity (Wildman–Crippen MR) is 90.9 cm³/mol. The number of benzene rings is 1. The molecule has 0 saturated carbocycles. The summed E-state index contributed by atoms with van der Waals surface area (Å²) in [6.45, 7) is 8.03. The van der Waals surface area contributed by atoms with Gasteiger partial charge in [0.25, 0.3) is 0 Å². The van der Waals surface area contributed by atoms with Gasteiger partial charge < -0.3 is 19.7 Å². The van der Waals surface area contributed by atoms with E-state index in [1.165, 1.54) is 5.56 Å². The third-order valence-corrected chi connectivity index (χ3v) is 4.04. The van der Waals surface area contributed by atoms with E-state index in [1.807, 2.05) is 24.4 Å². The van der Waals surface area contributed by atoms with Crippen molar-refractivity contribution in [3.8, 4) is 11.5 Å². The normalized spacial score (nSPS) is 12.4. The molecule has 1 N–H and O–H groups in total. The highest BCUT2D eigenvalue weighted by Crippen LogP contribution is 2.35. The summed E-state index contributed by atoms with van der Waals surface area (Å²) in [5, 5.41) is 3.49. The average Bonchev–Trinajstić information content (AvgIpc) is 3.07. The Bertz CT molecular complexity index is 656. The first kappa shape index (κ1) is 15.6. The van der Waals surface area contributed by atoms with E-state index in [0.717, 1.165) is 49.1 Å². The monoisotopic (exact) mass is 313 g/mol. The molecular weight excluding hydrogens is 290 g/mol. The second kappa shape index (κ2) is 7.33. The van der Waals surface area contributed by atoms with Crippen LogP contribution in [0.5, 0.6) is 11.5 Å². The molecule has 2 aromatic rings. The topological polar surface area (TPSA) is 46.6 Å². The highest BCUT2D eigenvalue weighted by Gasteiger charge is 2.17. The molecule has 1 aromatic carbocycles. The lowest BCUT2D eigenvalue weighted by atomic mass is 10.1. The highest BCUT2D eigenvalue weighted by molar-refractivity contribution is 5.48. The summed E-state index contributed by atoms with van der Waals surface area (Å²) in [7, 11) is 0. The van der Waals surface area contributed by atoms with Crippen LogP contribution in [0, 0.1) is 0 Å². The Kier molecular flexibility index (Phi) is 4.98. The number of nitrogens with one attached hydrogen (secondary N) is 1. The molecule has 0 unspecified atom stereocenters. The number of pyridine rings is 1. The van der Waals surface area contributed by atoms with Crippen LogP contribution < -0.4 is 19.7 Å². The second-order valence-corrected chi connectivity index (χ2v) is 5.41. The van der Waals surface area contributed by atoms with Crippen LogP contribution in [0.25, 0.3) is 0 Å². The van der Waals surface area contributed by atoms with Gasteiger partial charge in [-0.1, -0.05) is 18.2 Å². The van der Waals surface area contributed by atoms with Gasteiger partial charge in [-0.15, -0.1) is 0 Å². The van der Waals surface area contributed by atoms with Gasteiger partial charge in [0.05, 0.1) is 0 Å². The number of ether oxygens (including phenoxy) is 2. The van der Waals surface area contributed by atoms with E-state index in [0.29, 0.717) is 6.79 Å². The Balaban J connectivity index is 1.67. The van der Waals surface area contributed by atoms with Crippen LogP contribution in [0.2, 0.25) is 0 Å². The van der Waals surface area contributed by atoms with Crippen LogP contribution in [-0.2, 0) is 13.1 Å². The number of aromatic nitrogens is 1. The van der Waals surface area contributed by atoms with Crippen LogP contribution in [0.15, 0.2) is 36.5 Å². The van der Waals surface area contributed by atoms with Gasteiger partial charge in [-0.3, -0.25) is 0 Å². The zero-order valence-electron chi connectivity index (χ0n) is 13.7. The lowest BCUT2D eigenvalue weighted by Crippen LogP contribution is -2.25. The Labute approximate surface area is 137 Å². The Morgan fingerprint density at radius 3 is 2.65 bits per heavy atom. The lowest BCUT2D eigenvalue weighted by molar-refractivity contribution is 0.173. The fourth-order valence-electron chi connectivity index (χ4n) is 2.84. The van der Waals surface area contributed by atoms with Gasteiger partial charge in [-0.2, -0.15) is 0 Å². The maximum atomic E-state index is 5.55. The summed E-state index contributed by atoms with van der Waals surface area (Å²) in [5.74, 6) is 2.74. The molecule has 0 amide bonds. The van der Waals surface area contributed by atoms with E-state index in [9.17, 15) is 0 Å². The molecule has 0 fully saturated rings. The van der Waals surface area contributed by atoms with E-state index >= 15 is 0 Å². The van der Waals surface area contributed by atoms with Crippen LogP contribution in [0.4, 0.5) is 5.82 Å². The molecule has 23 heavy (non-hydrogen) atoms. The molecule has 0 radical (unpaired) electrons. The minimum atomic E-state index is 0.307. The van der Waals surface area contributed by atoms with E-state index in [-0.39, 0.29) is 0 Å². The van der Waals surface area contributed by atoms with Crippen molar-refractivity contribution in [2.45, 2.75) is 26.9 Å². The fraction of sp³-hybridized carbons (Fsp3) is 0.389. The van der Waals surface area contributed by atoms with Crippen molar-refractivity contribution >= 4 is 5.82 Å². The molecule has 0 aliphatic carbocycles. The van der Waals surface area contributed by atoms with Crippen LogP contribution >= 0.6 is 0 Å². The van der Waals surface area contributed by atoms with E-state index in [4.69, 9.17) is 9.47 Å². The van der Waals surface area contributed by atoms with Crippen LogP contribution in [0.3, 0.4) is 0 Å². The SMILES string of the molecule is CCN(CC)c1ncccc1CNCc1cccc2c1OCO2. The summed E-state index contributed by atoms with van der Waals surface area (Å²) in [6.07, 6.45) is 1.85. The molecule has 1 aromatic heterocycles. The smallest absolute Gasteiger partial charge is 0.231 e. The molecule has 5 heteroatoms. The molecule has 3 rings (SSSR count). The molecule has 5 nitrogen and oxygen atoms in total. The summed E-state index contributed by atoms with van der Waals surface area (Å²) >= 11 is 0. The van der Waals surface area contributed by atoms with E-state index in [1.54, 1.807) is 0 Å². The number of hydrogen-bond donors (Lipinski definition) is 1. The van der Waals surface area contributed by atoms with Crippen LogP contribution in [0.1, 0.15) is 25.0 Å². The van der Waals surface area contributed by atoms with Gasteiger partial charge in [0, 0.05) is 43.5 Å². The Morgan fingerprint density at radius 2 is 1.83 bits per heavy atom. The van der Waals surface area contributed by atoms with Crippen LogP contribution in [-0.4, -0.2) is 24.9 Å². The van der Waals surface area contributed by atoms with Crippen molar-refractivity contribution in [1.82, 2.24) is 10.3 Å². The summed E-state index contributed by atoms with van der Waals surface area (Å²) < 4.78 is 11.0. The molecule has 0 spiro atoms. The molecular formula is C18H23N3O2. The predicted octanol–water partition coefficient (Wildman–Crippen LogP) is 2.95. The number of anilines is 1. The number of rotatable bonds is 7. The first-order valence-corrected chi connectivity index (χ1v) is 8.10. The Morgan fingerprint density at radius 1 is 1.04 bits per heavy atom. The van der Waals surface area contributed by atoms with Gasteiger partial charge in [0.15, 0.2) is 11.5 Å². The first-order chi connectivity index (χ1) is 11.3. The standard InChI is InChI=1S/C18H23N3O2/c1-3-21(4-2)18-15(8-6-10-20-18)12-19-11-14-7-5-9-16-17(14)23-13-22-16/h5-10,19H,3-4,11-13H2,1-2H3. The fourth-order valence-corrected chi connectivity index (χ4v) is 2.84. The molecule has 0 saturated heterocycles. The largest absolute Gasteiger partial charge is 0.454 e. The zero-order chi connectivity index (χ0) is 16.1. The van der Waals surface area contributed by atoms with Crippen molar-refractivity contribution in [3.63, 3.8) is 0 Å². The van der Waals surface area contributed by atoms with E-state index in [2.05, 4.69) is 41.2 Å². The number of hydrogen-bond acceptors (Lipinski definition) is 5. The number of para-hydroxylation sites is 1. The van der Waals surface area contributed by atoms with Crippen molar-refractivity contribution in [2.75, 3.05) is 24.8 Å². The molecule has 1 aliphatic rings. The third kappa shape index (κ3) is 3.40. The maximum absolute atomic E-state index is 5.55. The highest BCUT2D eigenvalue weighted by atomic mass is 16.7. The molecule has 2 heterocycles. The van der Waals surface area contributed by atoms with Gasteiger partial charge in [0.2, 0.25) is 6.79 Å². The van der Waals surface area contributed by atoms with Gasteiger partial charge in [-0.05, 0) is 26.0 Å². The minimum Gasteiger partial charge on any atom is -0.454 e. The average molecular weight is 313 g/mol. The van der Waals surface area contributed by atoms with Gasteiger partial charge in [-0.25, -0.2) is 4.98 Å². The van der Waals surface area contributed by atoms with Crippen molar-refractivity contribution < 1.29 is 9.47 Å². The Hall–Kier alpha value is -2.27. The van der Waals surface area contributed by atoms with Crippen molar-refractivity contribution in [1.29, 1.82) is 0 Å². The number of fused-ring (bicyclic) bond motifs is 1. The summed E-state index contributed by atoms with van der Waals surface area (Å²) in [6, 6.07) is 10.1. The molecule has 1 aliphatic heterocycles.